The Morgan fingerprint density at radius 2 is 2.17 bits per heavy atom. The Morgan fingerprint density at radius 3 is 2.83 bits per heavy atom. The molecule has 1 nitrogen and oxygen atoms in total. The van der Waals surface area contributed by atoms with Gasteiger partial charge in [-0.3, -0.25) is 0 Å². The average Bonchev–Trinajstić information content (AvgIpc) is 2.37. The molecule has 2 atom stereocenters. The van der Waals surface area contributed by atoms with Gasteiger partial charge in [0.05, 0.1) is 0 Å². The van der Waals surface area contributed by atoms with Crippen LogP contribution in [0.4, 0.5) is 10.1 Å². The highest BCUT2D eigenvalue weighted by Crippen LogP contribution is 2.31. The highest BCUT2D eigenvalue weighted by molar-refractivity contribution is 6.17. The molecule has 100 valence electrons. The van der Waals surface area contributed by atoms with Crippen LogP contribution >= 0.6 is 11.6 Å². The first-order valence-corrected chi connectivity index (χ1v) is 7.22. The number of halogens is 2. The molecule has 2 rings (SSSR count). The standard InChI is InChI=1S/C15H21ClFN/c1-11-4-3-5-14(8-11)18(2)15-7-6-13(17)9-12(15)10-16/h6-7,9,11,14H,3-5,8,10H2,1-2H3. The Balaban J connectivity index is 2.19. The molecule has 0 heterocycles. The van der Waals surface area contributed by atoms with Gasteiger partial charge in [-0.15, -0.1) is 11.6 Å². The van der Waals surface area contributed by atoms with Gasteiger partial charge in [0.25, 0.3) is 0 Å². The number of anilines is 1. The molecule has 0 radical (unpaired) electrons. The lowest BCUT2D eigenvalue weighted by Crippen LogP contribution is -2.36. The van der Waals surface area contributed by atoms with Gasteiger partial charge in [-0.25, -0.2) is 4.39 Å². The molecule has 1 aromatic carbocycles. The summed E-state index contributed by atoms with van der Waals surface area (Å²) in [5.74, 6) is 0.936. The zero-order chi connectivity index (χ0) is 13.1. The number of hydrogen-bond acceptors (Lipinski definition) is 1. The molecule has 0 saturated heterocycles. The monoisotopic (exact) mass is 269 g/mol. The van der Waals surface area contributed by atoms with Gasteiger partial charge in [0.1, 0.15) is 5.82 Å². The Bertz CT molecular complexity index is 407. The van der Waals surface area contributed by atoms with Crippen molar-refractivity contribution >= 4 is 17.3 Å². The van der Waals surface area contributed by atoms with E-state index in [1.807, 2.05) is 6.07 Å². The van der Waals surface area contributed by atoms with Crippen molar-refractivity contribution in [1.29, 1.82) is 0 Å². The maximum absolute atomic E-state index is 13.2. The maximum atomic E-state index is 13.2. The van der Waals surface area contributed by atoms with E-state index >= 15 is 0 Å². The van der Waals surface area contributed by atoms with E-state index in [1.165, 1.54) is 31.7 Å². The van der Waals surface area contributed by atoms with Crippen LogP contribution in [-0.4, -0.2) is 13.1 Å². The number of alkyl halides is 1. The summed E-state index contributed by atoms with van der Waals surface area (Å²) in [5.41, 5.74) is 1.96. The molecule has 0 aliphatic heterocycles. The first-order chi connectivity index (χ1) is 8.61. The third-order valence-corrected chi connectivity index (χ3v) is 4.31. The van der Waals surface area contributed by atoms with Crippen molar-refractivity contribution in [3.63, 3.8) is 0 Å². The van der Waals surface area contributed by atoms with Gasteiger partial charge >= 0.3 is 0 Å². The predicted octanol–water partition coefficient (Wildman–Crippen LogP) is 4.58. The molecule has 0 amide bonds. The first kappa shape index (κ1) is 13.7. The van der Waals surface area contributed by atoms with Crippen LogP contribution < -0.4 is 4.90 Å². The lowest BCUT2D eigenvalue weighted by Gasteiger charge is -2.36. The molecule has 18 heavy (non-hydrogen) atoms. The molecule has 1 aliphatic carbocycles. The fourth-order valence-corrected chi connectivity index (χ4v) is 3.17. The van der Waals surface area contributed by atoms with Crippen molar-refractivity contribution in [2.24, 2.45) is 5.92 Å². The highest BCUT2D eigenvalue weighted by atomic mass is 35.5. The predicted molar refractivity (Wildman–Crippen MR) is 75.8 cm³/mol. The minimum Gasteiger partial charge on any atom is -0.371 e. The molecular formula is C15H21ClFN. The molecule has 1 saturated carbocycles. The van der Waals surface area contributed by atoms with Gasteiger partial charge in [0, 0.05) is 24.7 Å². The number of hydrogen-bond donors (Lipinski definition) is 0. The largest absolute Gasteiger partial charge is 0.371 e. The van der Waals surface area contributed by atoms with Crippen molar-refractivity contribution < 1.29 is 4.39 Å². The Morgan fingerprint density at radius 1 is 1.39 bits per heavy atom. The van der Waals surface area contributed by atoms with E-state index in [4.69, 9.17) is 11.6 Å². The fourth-order valence-electron chi connectivity index (χ4n) is 2.96. The number of nitrogens with zero attached hydrogens (tertiary/aromatic N) is 1. The summed E-state index contributed by atoms with van der Waals surface area (Å²) < 4.78 is 13.2. The molecule has 1 aromatic rings. The third kappa shape index (κ3) is 2.97. The summed E-state index contributed by atoms with van der Waals surface area (Å²) in [6.45, 7) is 2.31. The smallest absolute Gasteiger partial charge is 0.123 e. The van der Waals surface area contributed by atoms with Crippen LogP contribution in [0.15, 0.2) is 18.2 Å². The Hall–Kier alpha value is -0.760. The lowest BCUT2D eigenvalue weighted by molar-refractivity contribution is 0.336. The normalized spacial score (nSPS) is 24.0. The second-order valence-electron chi connectivity index (χ2n) is 5.44. The van der Waals surface area contributed by atoms with Crippen LogP contribution in [0.2, 0.25) is 0 Å². The fraction of sp³-hybridized carbons (Fsp3) is 0.600. The van der Waals surface area contributed by atoms with Gasteiger partial charge in [-0.05, 0) is 42.5 Å². The second-order valence-corrected chi connectivity index (χ2v) is 5.71. The van der Waals surface area contributed by atoms with Crippen molar-refractivity contribution in [3.8, 4) is 0 Å². The van der Waals surface area contributed by atoms with E-state index < -0.39 is 0 Å². The topological polar surface area (TPSA) is 3.24 Å². The molecule has 3 heteroatoms. The molecule has 1 aliphatic rings. The zero-order valence-electron chi connectivity index (χ0n) is 11.1. The SMILES string of the molecule is CC1CCCC(N(C)c2ccc(F)cc2CCl)C1. The molecule has 1 fully saturated rings. The Kier molecular flexibility index (Phi) is 4.50. The molecule has 2 unspecified atom stereocenters. The van der Waals surface area contributed by atoms with Crippen LogP contribution in [-0.2, 0) is 5.88 Å². The van der Waals surface area contributed by atoms with E-state index in [-0.39, 0.29) is 5.82 Å². The molecule has 0 N–H and O–H groups in total. The molecule has 0 bridgehead atoms. The lowest BCUT2D eigenvalue weighted by atomic mass is 9.86. The molecule has 0 aromatic heterocycles. The average molecular weight is 270 g/mol. The summed E-state index contributed by atoms with van der Waals surface area (Å²) in [4.78, 5) is 2.28. The van der Waals surface area contributed by atoms with Crippen LogP contribution in [0.1, 0.15) is 38.2 Å². The highest BCUT2D eigenvalue weighted by Gasteiger charge is 2.23. The van der Waals surface area contributed by atoms with E-state index in [0.29, 0.717) is 11.9 Å². The Labute approximate surface area is 114 Å². The zero-order valence-corrected chi connectivity index (χ0v) is 11.9. The van der Waals surface area contributed by atoms with Crippen molar-refractivity contribution in [3.05, 3.63) is 29.6 Å². The van der Waals surface area contributed by atoms with Crippen LogP contribution in [0.5, 0.6) is 0 Å². The van der Waals surface area contributed by atoms with Crippen LogP contribution in [0, 0.1) is 11.7 Å². The number of rotatable bonds is 3. The second kappa shape index (κ2) is 5.92. The van der Waals surface area contributed by atoms with E-state index in [2.05, 4.69) is 18.9 Å². The summed E-state index contributed by atoms with van der Waals surface area (Å²) >= 11 is 5.92. The van der Waals surface area contributed by atoms with Gasteiger partial charge in [0.15, 0.2) is 0 Å². The van der Waals surface area contributed by atoms with Gasteiger partial charge in [-0.1, -0.05) is 19.8 Å². The summed E-state index contributed by atoms with van der Waals surface area (Å²) in [7, 11) is 2.10. The van der Waals surface area contributed by atoms with Crippen LogP contribution in [0.25, 0.3) is 0 Å². The maximum Gasteiger partial charge on any atom is 0.123 e. The third-order valence-electron chi connectivity index (χ3n) is 4.02. The first-order valence-electron chi connectivity index (χ1n) is 6.69. The van der Waals surface area contributed by atoms with E-state index in [9.17, 15) is 4.39 Å². The molecular weight excluding hydrogens is 249 g/mol. The quantitative estimate of drug-likeness (QED) is 0.726. The van der Waals surface area contributed by atoms with Crippen molar-refractivity contribution in [2.75, 3.05) is 11.9 Å². The summed E-state index contributed by atoms with van der Waals surface area (Å²) in [6.07, 6.45) is 5.05. The number of benzene rings is 1. The summed E-state index contributed by atoms with van der Waals surface area (Å²) in [5, 5.41) is 0. The summed E-state index contributed by atoms with van der Waals surface area (Å²) in [6, 6.07) is 5.48. The molecule has 0 spiro atoms. The minimum atomic E-state index is -0.209. The van der Waals surface area contributed by atoms with E-state index in [1.54, 1.807) is 6.07 Å². The van der Waals surface area contributed by atoms with Gasteiger partial charge in [0.2, 0.25) is 0 Å². The van der Waals surface area contributed by atoms with Crippen molar-refractivity contribution in [1.82, 2.24) is 0 Å². The van der Waals surface area contributed by atoms with Gasteiger partial charge < -0.3 is 4.90 Å². The minimum absolute atomic E-state index is 0.209. The van der Waals surface area contributed by atoms with E-state index in [0.717, 1.165) is 17.2 Å². The van der Waals surface area contributed by atoms with Gasteiger partial charge in [-0.2, -0.15) is 0 Å². The van der Waals surface area contributed by atoms with Crippen molar-refractivity contribution in [2.45, 2.75) is 44.5 Å². The van der Waals surface area contributed by atoms with Crippen LogP contribution in [0.3, 0.4) is 0 Å².